The Balaban J connectivity index is 1.66. The Labute approximate surface area is 103 Å². The van der Waals surface area contributed by atoms with Crippen LogP contribution in [0.5, 0.6) is 0 Å². The van der Waals surface area contributed by atoms with Crippen LogP contribution in [0.4, 0.5) is 0 Å². The minimum Gasteiger partial charge on any atom is -0.311 e. The van der Waals surface area contributed by atoms with Gasteiger partial charge in [0, 0.05) is 12.1 Å². The van der Waals surface area contributed by atoms with Crippen LogP contribution in [0.3, 0.4) is 0 Å². The molecule has 2 aliphatic carbocycles. The summed E-state index contributed by atoms with van der Waals surface area (Å²) in [5, 5.41) is 13.1. The predicted molar refractivity (Wildman–Crippen MR) is 67.5 cm³/mol. The van der Waals surface area contributed by atoms with E-state index in [1.807, 2.05) is 18.2 Å². The van der Waals surface area contributed by atoms with Gasteiger partial charge in [0.1, 0.15) is 0 Å². The third-order valence-corrected chi connectivity index (χ3v) is 4.29. The lowest BCUT2D eigenvalue weighted by molar-refractivity contribution is 0.223. The molecule has 0 heterocycles. The van der Waals surface area contributed by atoms with E-state index in [0.29, 0.717) is 12.1 Å². The topological polar surface area (TPSA) is 35.8 Å². The van der Waals surface area contributed by atoms with E-state index in [4.69, 9.17) is 0 Å². The smallest absolute Gasteiger partial charge is 0.0852 e. The molecule has 88 valence electrons. The molecule has 17 heavy (non-hydrogen) atoms. The first-order valence-corrected chi connectivity index (χ1v) is 6.46. The van der Waals surface area contributed by atoms with Crippen LogP contribution in [-0.2, 0) is 5.41 Å². The predicted octanol–water partition coefficient (Wildman–Crippen LogP) is 2.61. The Bertz CT molecular complexity index is 440. The van der Waals surface area contributed by atoms with Gasteiger partial charge >= 0.3 is 0 Å². The van der Waals surface area contributed by atoms with Gasteiger partial charge in [-0.3, -0.25) is 0 Å². The van der Waals surface area contributed by atoms with E-state index in [2.05, 4.69) is 30.4 Å². The molecular weight excluding hydrogens is 208 g/mol. The van der Waals surface area contributed by atoms with Crippen LogP contribution in [0.15, 0.2) is 30.3 Å². The lowest BCUT2D eigenvalue weighted by Crippen LogP contribution is -2.51. The van der Waals surface area contributed by atoms with Crippen molar-refractivity contribution in [2.45, 2.75) is 43.7 Å². The lowest BCUT2D eigenvalue weighted by atomic mass is 9.62. The number of benzene rings is 1. The van der Waals surface area contributed by atoms with Crippen molar-refractivity contribution in [3.8, 4) is 6.07 Å². The molecule has 2 aliphatic rings. The minimum absolute atomic E-state index is 0.225. The number of hydrogen-bond acceptors (Lipinski definition) is 2. The van der Waals surface area contributed by atoms with E-state index in [0.717, 1.165) is 18.8 Å². The van der Waals surface area contributed by atoms with Gasteiger partial charge in [-0.1, -0.05) is 37.3 Å². The quantitative estimate of drug-likeness (QED) is 0.860. The van der Waals surface area contributed by atoms with Crippen molar-refractivity contribution in [3.05, 3.63) is 35.9 Å². The van der Waals surface area contributed by atoms with E-state index in [1.54, 1.807) is 0 Å². The molecule has 0 amide bonds. The lowest BCUT2D eigenvalue weighted by Gasteiger charge is -2.43. The third-order valence-electron chi connectivity index (χ3n) is 4.29. The van der Waals surface area contributed by atoms with Crippen molar-refractivity contribution in [1.82, 2.24) is 5.32 Å². The van der Waals surface area contributed by atoms with Crippen LogP contribution in [0.2, 0.25) is 0 Å². The summed E-state index contributed by atoms with van der Waals surface area (Å²) in [5.41, 5.74) is 0.959. The van der Waals surface area contributed by atoms with Crippen molar-refractivity contribution in [3.63, 3.8) is 0 Å². The summed E-state index contributed by atoms with van der Waals surface area (Å²) in [5.74, 6) is 0.837. The maximum absolute atomic E-state index is 9.43. The summed E-state index contributed by atoms with van der Waals surface area (Å²) in [6.45, 7) is 2.28. The number of nitrogens with one attached hydrogen (secondary N) is 1. The second-order valence-corrected chi connectivity index (χ2v) is 5.65. The van der Waals surface area contributed by atoms with Gasteiger partial charge in [0.2, 0.25) is 0 Å². The second kappa shape index (κ2) is 3.85. The Morgan fingerprint density at radius 3 is 2.47 bits per heavy atom. The zero-order valence-corrected chi connectivity index (χ0v) is 10.2. The average Bonchev–Trinajstić information content (AvgIpc) is 3.00. The molecule has 2 nitrogen and oxygen atoms in total. The van der Waals surface area contributed by atoms with E-state index in [1.165, 1.54) is 12.0 Å². The highest BCUT2D eigenvalue weighted by Crippen LogP contribution is 2.44. The molecule has 1 aromatic carbocycles. The number of nitriles is 1. The SMILES string of the molecule is CC1CC1NC1CC(C#N)(c2ccccc2)C1. The molecule has 0 radical (unpaired) electrons. The van der Waals surface area contributed by atoms with Gasteiger partial charge < -0.3 is 5.32 Å². The second-order valence-electron chi connectivity index (χ2n) is 5.65. The van der Waals surface area contributed by atoms with E-state index in [-0.39, 0.29) is 5.41 Å². The Hall–Kier alpha value is -1.33. The van der Waals surface area contributed by atoms with Crippen molar-refractivity contribution in [2.24, 2.45) is 5.92 Å². The van der Waals surface area contributed by atoms with Gasteiger partial charge in [0.05, 0.1) is 11.5 Å². The molecule has 2 atom stereocenters. The maximum atomic E-state index is 9.43. The molecule has 2 fully saturated rings. The van der Waals surface area contributed by atoms with Gasteiger partial charge in [0.25, 0.3) is 0 Å². The van der Waals surface area contributed by atoms with E-state index >= 15 is 0 Å². The number of rotatable bonds is 3. The molecular formula is C15H18N2. The van der Waals surface area contributed by atoms with Crippen molar-refractivity contribution < 1.29 is 0 Å². The fraction of sp³-hybridized carbons (Fsp3) is 0.533. The Kier molecular flexibility index (Phi) is 2.45. The standard InChI is InChI=1S/C15H18N2/c1-11-7-14(11)17-13-8-15(9-13,10-16)12-5-3-2-4-6-12/h2-6,11,13-14,17H,7-9H2,1H3. The van der Waals surface area contributed by atoms with Crippen molar-refractivity contribution >= 4 is 0 Å². The van der Waals surface area contributed by atoms with Crippen LogP contribution >= 0.6 is 0 Å². The van der Waals surface area contributed by atoms with Gasteiger partial charge in [-0.2, -0.15) is 5.26 Å². The first kappa shape index (κ1) is 10.8. The fourth-order valence-corrected chi connectivity index (χ4v) is 2.91. The Morgan fingerprint density at radius 1 is 1.29 bits per heavy atom. The Morgan fingerprint density at radius 2 is 1.94 bits per heavy atom. The summed E-state index contributed by atoms with van der Waals surface area (Å²) in [7, 11) is 0. The molecule has 1 aromatic rings. The van der Waals surface area contributed by atoms with Crippen LogP contribution in [0.1, 0.15) is 31.7 Å². The molecule has 2 saturated carbocycles. The highest BCUT2D eigenvalue weighted by Gasteiger charge is 2.48. The molecule has 2 heteroatoms. The summed E-state index contributed by atoms with van der Waals surface area (Å²) in [6, 6.07) is 14.0. The third kappa shape index (κ3) is 1.85. The monoisotopic (exact) mass is 226 g/mol. The molecule has 0 aromatic heterocycles. The molecule has 2 unspecified atom stereocenters. The van der Waals surface area contributed by atoms with Gasteiger partial charge in [-0.15, -0.1) is 0 Å². The van der Waals surface area contributed by atoms with Gasteiger partial charge in [-0.25, -0.2) is 0 Å². The largest absolute Gasteiger partial charge is 0.311 e. The van der Waals surface area contributed by atoms with Crippen LogP contribution in [0, 0.1) is 17.2 Å². The van der Waals surface area contributed by atoms with Gasteiger partial charge in [-0.05, 0) is 30.7 Å². The summed E-state index contributed by atoms with van der Waals surface area (Å²) in [6.07, 6.45) is 3.24. The number of hydrogen-bond donors (Lipinski definition) is 1. The molecule has 0 aliphatic heterocycles. The van der Waals surface area contributed by atoms with E-state index < -0.39 is 0 Å². The highest BCUT2D eigenvalue weighted by molar-refractivity contribution is 5.37. The molecule has 0 saturated heterocycles. The molecule has 0 bridgehead atoms. The average molecular weight is 226 g/mol. The molecule has 1 N–H and O–H groups in total. The van der Waals surface area contributed by atoms with E-state index in [9.17, 15) is 5.26 Å². The van der Waals surface area contributed by atoms with Crippen LogP contribution < -0.4 is 5.32 Å². The minimum atomic E-state index is -0.225. The molecule has 3 rings (SSSR count). The van der Waals surface area contributed by atoms with Crippen molar-refractivity contribution in [1.29, 1.82) is 5.26 Å². The zero-order chi connectivity index (χ0) is 11.9. The molecule has 0 spiro atoms. The normalized spacial score (nSPS) is 39.2. The summed E-state index contributed by atoms with van der Waals surface area (Å²) >= 11 is 0. The first-order valence-electron chi connectivity index (χ1n) is 6.46. The van der Waals surface area contributed by atoms with Crippen LogP contribution in [-0.4, -0.2) is 12.1 Å². The maximum Gasteiger partial charge on any atom is 0.0852 e. The van der Waals surface area contributed by atoms with Crippen LogP contribution in [0.25, 0.3) is 0 Å². The van der Waals surface area contributed by atoms with Crippen molar-refractivity contribution in [2.75, 3.05) is 0 Å². The highest BCUT2D eigenvalue weighted by atomic mass is 15.0. The fourth-order valence-electron chi connectivity index (χ4n) is 2.91. The summed E-state index contributed by atoms with van der Waals surface area (Å²) < 4.78 is 0. The summed E-state index contributed by atoms with van der Waals surface area (Å²) in [4.78, 5) is 0. The number of nitrogens with zero attached hydrogens (tertiary/aromatic N) is 1. The first-order chi connectivity index (χ1) is 8.23. The zero-order valence-electron chi connectivity index (χ0n) is 10.2. The van der Waals surface area contributed by atoms with Gasteiger partial charge in [0.15, 0.2) is 0 Å².